The lowest BCUT2D eigenvalue weighted by molar-refractivity contribution is -0.138. The number of carboxylic acid groups (broad SMARTS) is 1. The number of carbonyl (C=O) groups is 3. The average molecular weight is 617 g/mol. The first kappa shape index (κ1) is 30.7. The fourth-order valence-electron chi connectivity index (χ4n) is 4.51. The molecule has 0 aromatic heterocycles. The van der Waals surface area contributed by atoms with Crippen LogP contribution in [0.5, 0.6) is 0 Å². The van der Waals surface area contributed by atoms with Crippen LogP contribution in [0.2, 0.25) is 0 Å². The molecule has 0 saturated heterocycles. The minimum absolute atomic E-state index is 0.0981. The van der Waals surface area contributed by atoms with Crippen molar-refractivity contribution in [2.75, 3.05) is 11.4 Å². The fourth-order valence-corrected chi connectivity index (χ4v) is 5.48. The molecule has 222 valence electrons. The van der Waals surface area contributed by atoms with E-state index in [1.165, 1.54) is 31.2 Å². The van der Waals surface area contributed by atoms with E-state index in [-0.39, 0.29) is 22.5 Å². The van der Waals surface area contributed by atoms with Crippen molar-refractivity contribution in [3.05, 3.63) is 107 Å². The molecule has 1 aliphatic heterocycles. The highest BCUT2D eigenvalue weighted by Crippen LogP contribution is 2.41. The minimum Gasteiger partial charge on any atom is -0.480 e. The van der Waals surface area contributed by atoms with E-state index in [4.69, 9.17) is 0 Å². The summed E-state index contributed by atoms with van der Waals surface area (Å²) >= 11 is 0. The van der Waals surface area contributed by atoms with Crippen LogP contribution in [0.1, 0.15) is 29.7 Å². The largest absolute Gasteiger partial charge is 0.480 e. The predicted octanol–water partition coefficient (Wildman–Crippen LogP) is 4.56. The maximum absolute atomic E-state index is 13.8. The fraction of sp³-hybridized carbons (Fsp3) is 0.143. The molecule has 2 N–H and O–H groups in total. The number of sulfonamides is 1. The van der Waals surface area contributed by atoms with Crippen molar-refractivity contribution in [3.8, 4) is 6.07 Å². The molecule has 1 unspecified atom stereocenters. The van der Waals surface area contributed by atoms with Crippen molar-refractivity contribution >= 4 is 33.6 Å². The Morgan fingerprint density at radius 2 is 1.67 bits per heavy atom. The van der Waals surface area contributed by atoms with Gasteiger partial charge in [0.1, 0.15) is 12.4 Å². The van der Waals surface area contributed by atoms with Crippen LogP contribution in [0, 0.1) is 17.1 Å². The molecule has 15 heteroatoms. The molecule has 0 saturated carbocycles. The number of benzene rings is 3. The Balaban J connectivity index is 1.95. The number of nitriles is 1. The number of hydrogen-bond donors (Lipinski definition) is 2. The van der Waals surface area contributed by atoms with Crippen molar-refractivity contribution in [2.24, 2.45) is 0 Å². The van der Waals surface area contributed by atoms with Gasteiger partial charge in [0.2, 0.25) is 0 Å². The first-order valence-electron chi connectivity index (χ1n) is 12.2. The summed E-state index contributed by atoms with van der Waals surface area (Å²) in [6.07, 6.45) is -4.82. The number of alkyl halides is 3. The number of anilines is 1. The second-order valence-electron chi connectivity index (χ2n) is 9.21. The molecule has 0 fully saturated rings. The number of rotatable bonds is 7. The van der Waals surface area contributed by atoms with Gasteiger partial charge in [-0.2, -0.15) is 18.4 Å². The molecule has 1 aliphatic rings. The van der Waals surface area contributed by atoms with Crippen LogP contribution >= 0.6 is 0 Å². The summed E-state index contributed by atoms with van der Waals surface area (Å²) in [6.45, 7) is 0.139. The molecule has 0 radical (unpaired) electrons. The highest BCUT2D eigenvalue weighted by molar-refractivity contribution is 7.90. The third kappa shape index (κ3) is 6.33. The van der Waals surface area contributed by atoms with Crippen LogP contribution in [0.15, 0.2) is 89.0 Å². The summed E-state index contributed by atoms with van der Waals surface area (Å²) in [7, 11) is -4.66. The standard InChI is InChI=1S/C28H20F4N4O6S/c1-16-24(26(39)34-43(41,42)22-11-9-20(29)10-12-22)25(18-7-5-17(14-33)6-8-18)35(15-23(37)38)27(40)36(16)21-4-2-3-19(13-21)28(30,31)32/h2-13,25H,15H2,1H3,(H,34,39)(H,37,38). The molecule has 3 aromatic rings. The van der Waals surface area contributed by atoms with Crippen molar-refractivity contribution < 1.29 is 45.5 Å². The smallest absolute Gasteiger partial charge is 0.416 e. The number of aliphatic carboxylic acids is 1. The van der Waals surface area contributed by atoms with E-state index >= 15 is 0 Å². The number of halogens is 4. The molecule has 0 bridgehead atoms. The van der Waals surface area contributed by atoms with Crippen LogP contribution in [-0.4, -0.2) is 42.9 Å². The van der Waals surface area contributed by atoms with E-state index < -0.39 is 68.5 Å². The molecular formula is C28H20F4N4O6S. The zero-order valence-corrected chi connectivity index (χ0v) is 22.8. The normalized spacial score (nSPS) is 15.7. The minimum atomic E-state index is -4.82. The third-order valence-corrected chi connectivity index (χ3v) is 7.78. The van der Waals surface area contributed by atoms with Gasteiger partial charge in [-0.1, -0.05) is 18.2 Å². The molecule has 3 aromatic carbocycles. The van der Waals surface area contributed by atoms with Gasteiger partial charge in [0.05, 0.1) is 39.4 Å². The summed E-state index contributed by atoms with van der Waals surface area (Å²) < 4.78 is 81.8. The Morgan fingerprint density at radius 3 is 2.23 bits per heavy atom. The lowest BCUT2D eigenvalue weighted by Gasteiger charge is -2.42. The molecule has 4 rings (SSSR count). The summed E-state index contributed by atoms with van der Waals surface area (Å²) in [5.74, 6) is -3.64. The molecule has 0 aliphatic carbocycles. The van der Waals surface area contributed by atoms with E-state index in [1.54, 1.807) is 0 Å². The van der Waals surface area contributed by atoms with Crippen LogP contribution in [0.3, 0.4) is 0 Å². The molecule has 10 nitrogen and oxygen atoms in total. The number of carboxylic acids is 1. The van der Waals surface area contributed by atoms with Crippen molar-refractivity contribution in [3.63, 3.8) is 0 Å². The quantitative estimate of drug-likeness (QED) is 0.370. The second-order valence-corrected chi connectivity index (χ2v) is 10.9. The van der Waals surface area contributed by atoms with Crippen molar-refractivity contribution in [1.29, 1.82) is 5.26 Å². The number of nitrogens with one attached hydrogen (secondary N) is 1. The predicted molar refractivity (Wildman–Crippen MR) is 142 cm³/mol. The Kier molecular flexibility index (Phi) is 8.27. The Hall–Kier alpha value is -5.23. The van der Waals surface area contributed by atoms with Gasteiger partial charge in [-0.15, -0.1) is 0 Å². The van der Waals surface area contributed by atoms with Crippen molar-refractivity contribution in [2.45, 2.75) is 24.0 Å². The number of nitrogens with zero attached hydrogens (tertiary/aromatic N) is 3. The van der Waals surface area contributed by atoms with E-state index in [0.29, 0.717) is 15.9 Å². The van der Waals surface area contributed by atoms with Crippen LogP contribution in [0.25, 0.3) is 0 Å². The summed E-state index contributed by atoms with van der Waals surface area (Å²) in [4.78, 5) is 40.3. The first-order valence-corrected chi connectivity index (χ1v) is 13.7. The third-order valence-electron chi connectivity index (χ3n) is 6.44. The van der Waals surface area contributed by atoms with Gasteiger partial charge in [0.15, 0.2) is 0 Å². The van der Waals surface area contributed by atoms with Gasteiger partial charge in [0, 0.05) is 5.70 Å². The van der Waals surface area contributed by atoms with Crippen LogP contribution < -0.4 is 9.62 Å². The number of hydrogen-bond acceptors (Lipinski definition) is 6. The number of amides is 3. The first-order chi connectivity index (χ1) is 20.1. The molecule has 43 heavy (non-hydrogen) atoms. The summed E-state index contributed by atoms with van der Waals surface area (Å²) in [5.41, 5.74) is -2.04. The van der Waals surface area contributed by atoms with Crippen molar-refractivity contribution in [1.82, 2.24) is 9.62 Å². The Bertz CT molecular complexity index is 1780. The van der Waals surface area contributed by atoms with Gasteiger partial charge in [0.25, 0.3) is 15.9 Å². The van der Waals surface area contributed by atoms with Gasteiger partial charge >= 0.3 is 18.2 Å². The number of allylic oxidation sites excluding steroid dienone is 1. The number of carbonyl (C=O) groups excluding carboxylic acids is 2. The molecule has 1 heterocycles. The highest BCUT2D eigenvalue weighted by Gasteiger charge is 2.44. The lowest BCUT2D eigenvalue weighted by Crippen LogP contribution is -2.53. The summed E-state index contributed by atoms with van der Waals surface area (Å²) in [5, 5.41) is 18.8. The SMILES string of the molecule is CC1=C(C(=O)NS(=O)(=O)c2ccc(F)cc2)C(c2ccc(C#N)cc2)N(CC(=O)O)C(=O)N1c1cccc(C(F)(F)F)c1. The van der Waals surface area contributed by atoms with Gasteiger partial charge in [-0.05, 0) is 67.1 Å². The van der Waals surface area contributed by atoms with Crippen LogP contribution in [-0.2, 0) is 25.8 Å². The Morgan fingerprint density at radius 1 is 1.05 bits per heavy atom. The van der Waals surface area contributed by atoms with E-state index in [2.05, 4.69) is 0 Å². The molecular weight excluding hydrogens is 596 g/mol. The maximum atomic E-state index is 13.8. The van der Waals surface area contributed by atoms with Gasteiger partial charge in [-0.25, -0.2) is 22.3 Å². The Labute approximate surface area is 242 Å². The maximum Gasteiger partial charge on any atom is 0.416 e. The molecule has 0 spiro atoms. The zero-order chi connectivity index (χ0) is 31.7. The molecule has 1 atom stereocenters. The van der Waals surface area contributed by atoms with Gasteiger partial charge in [-0.3, -0.25) is 14.5 Å². The topological polar surface area (TPSA) is 148 Å². The van der Waals surface area contributed by atoms with Crippen LogP contribution in [0.4, 0.5) is 28.0 Å². The van der Waals surface area contributed by atoms with E-state index in [1.807, 2.05) is 10.8 Å². The summed E-state index contributed by atoms with van der Waals surface area (Å²) in [6, 6.07) is 11.4. The van der Waals surface area contributed by atoms with Gasteiger partial charge < -0.3 is 10.0 Å². The lowest BCUT2D eigenvalue weighted by atomic mass is 9.91. The monoisotopic (exact) mass is 616 g/mol. The highest BCUT2D eigenvalue weighted by atomic mass is 32.2. The molecule has 3 amide bonds. The van der Waals surface area contributed by atoms with E-state index in [9.17, 15) is 50.7 Å². The van der Waals surface area contributed by atoms with E-state index in [0.717, 1.165) is 42.5 Å². The second kappa shape index (κ2) is 11.6. The average Bonchev–Trinajstić information content (AvgIpc) is 2.94. The number of urea groups is 1. The zero-order valence-electron chi connectivity index (χ0n) is 22.0.